The monoisotopic (exact) mass is 230 g/mol. The Morgan fingerprint density at radius 1 is 1.00 bits per heavy atom. The molecule has 0 aromatic rings. The second-order valence-electron chi connectivity index (χ2n) is 4.06. The summed E-state index contributed by atoms with van der Waals surface area (Å²) in [6, 6.07) is 0. The van der Waals surface area contributed by atoms with Crippen molar-refractivity contribution in [1.82, 2.24) is 0 Å². The average Bonchev–Trinajstić information content (AvgIpc) is 2.27. The highest BCUT2D eigenvalue weighted by Crippen LogP contribution is 2.14. The first-order chi connectivity index (χ1) is 7.60. The lowest BCUT2D eigenvalue weighted by molar-refractivity contribution is -0.142. The van der Waals surface area contributed by atoms with Gasteiger partial charge in [0, 0.05) is 12.8 Å². The summed E-state index contributed by atoms with van der Waals surface area (Å²) in [4.78, 5) is 21.8. The van der Waals surface area contributed by atoms with Gasteiger partial charge in [0.1, 0.15) is 0 Å². The molecule has 0 radical (unpaired) electrons. The Bertz CT molecular complexity index is 213. The Balaban J connectivity index is 3.37. The van der Waals surface area contributed by atoms with Gasteiger partial charge >= 0.3 is 11.9 Å². The van der Waals surface area contributed by atoms with Crippen molar-refractivity contribution in [3.63, 3.8) is 0 Å². The number of carbonyl (C=O) groups is 2. The second kappa shape index (κ2) is 9.19. The fraction of sp³-hybridized carbons (Fsp3) is 0.833. The Labute approximate surface area is 97.3 Å². The fourth-order valence-electron chi connectivity index (χ4n) is 1.51. The van der Waals surface area contributed by atoms with Crippen LogP contribution in [-0.2, 0) is 19.1 Å². The third-order valence-electron chi connectivity index (χ3n) is 2.55. The van der Waals surface area contributed by atoms with Gasteiger partial charge in [-0.1, -0.05) is 26.2 Å². The van der Waals surface area contributed by atoms with E-state index in [4.69, 9.17) is 0 Å². The smallest absolute Gasteiger partial charge is 0.305 e. The summed E-state index contributed by atoms with van der Waals surface area (Å²) < 4.78 is 9.14. The molecule has 0 saturated carbocycles. The summed E-state index contributed by atoms with van der Waals surface area (Å²) in [6.45, 7) is 2.04. The summed E-state index contributed by atoms with van der Waals surface area (Å²) >= 11 is 0. The summed E-state index contributed by atoms with van der Waals surface area (Å²) in [5, 5.41) is 0. The van der Waals surface area contributed by atoms with Crippen LogP contribution in [0.5, 0.6) is 0 Å². The molecule has 0 aliphatic rings. The number of methoxy groups -OCH3 is 2. The van der Waals surface area contributed by atoms with E-state index in [1.54, 1.807) is 0 Å². The van der Waals surface area contributed by atoms with Crippen LogP contribution in [0.3, 0.4) is 0 Å². The lowest BCUT2D eigenvalue weighted by Crippen LogP contribution is -2.07. The Morgan fingerprint density at radius 3 is 2.19 bits per heavy atom. The molecule has 0 aliphatic carbocycles. The normalized spacial score (nSPS) is 11.9. The number of carbonyl (C=O) groups excluding carboxylic acids is 2. The Hall–Kier alpha value is -1.06. The first-order valence-corrected chi connectivity index (χ1v) is 5.73. The van der Waals surface area contributed by atoms with Crippen LogP contribution in [0.4, 0.5) is 0 Å². The largest absolute Gasteiger partial charge is 0.469 e. The minimum atomic E-state index is -0.151. The highest BCUT2D eigenvalue weighted by molar-refractivity contribution is 5.69. The molecule has 0 bridgehead atoms. The maximum absolute atomic E-state index is 11.0. The lowest BCUT2D eigenvalue weighted by atomic mass is 9.99. The number of hydrogen-bond acceptors (Lipinski definition) is 4. The molecule has 0 fully saturated rings. The van der Waals surface area contributed by atoms with E-state index < -0.39 is 0 Å². The molecule has 0 rings (SSSR count). The lowest BCUT2D eigenvalue weighted by Gasteiger charge is -2.09. The average molecular weight is 230 g/mol. The predicted molar refractivity (Wildman–Crippen MR) is 60.9 cm³/mol. The third-order valence-corrected chi connectivity index (χ3v) is 2.55. The zero-order valence-corrected chi connectivity index (χ0v) is 10.5. The predicted octanol–water partition coefficient (Wildman–Crippen LogP) is 2.31. The van der Waals surface area contributed by atoms with Gasteiger partial charge in [-0.25, -0.2) is 0 Å². The van der Waals surface area contributed by atoms with Crippen LogP contribution in [0.1, 0.15) is 45.4 Å². The van der Waals surface area contributed by atoms with Crippen molar-refractivity contribution in [1.29, 1.82) is 0 Å². The molecule has 4 heteroatoms. The number of esters is 2. The number of rotatable bonds is 8. The van der Waals surface area contributed by atoms with Crippen LogP contribution >= 0.6 is 0 Å². The van der Waals surface area contributed by atoms with Crippen molar-refractivity contribution in [2.75, 3.05) is 14.2 Å². The molecule has 0 N–H and O–H groups in total. The molecule has 0 aromatic carbocycles. The van der Waals surface area contributed by atoms with Gasteiger partial charge in [-0.15, -0.1) is 0 Å². The molecule has 0 unspecified atom stereocenters. The van der Waals surface area contributed by atoms with E-state index in [0.29, 0.717) is 18.8 Å². The van der Waals surface area contributed by atoms with Gasteiger partial charge < -0.3 is 9.47 Å². The molecule has 1 atom stereocenters. The topological polar surface area (TPSA) is 52.6 Å². The highest BCUT2D eigenvalue weighted by atomic mass is 16.5. The van der Waals surface area contributed by atoms with E-state index in [2.05, 4.69) is 9.47 Å². The maximum Gasteiger partial charge on any atom is 0.305 e. The van der Waals surface area contributed by atoms with Crippen LogP contribution in [-0.4, -0.2) is 26.2 Å². The van der Waals surface area contributed by atoms with Crippen molar-refractivity contribution in [2.24, 2.45) is 5.92 Å². The third kappa shape index (κ3) is 8.26. The SMILES string of the molecule is COC(=O)CCCCC[C@H](C)CC(=O)OC. The molecule has 0 aliphatic heterocycles. The van der Waals surface area contributed by atoms with E-state index in [9.17, 15) is 9.59 Å². The summed E-state index contributed by atoms with van der Waals surface area (Å²) in [5.74, 6) is 0.0512. The van der Waals surface area contributed by atoms with Gasteiger partial charge in [-0.3, -0.25) is 9.59 Å². The van der Waals surface area contributed by atoms with Gasteiger partial charge in [0.15, 0.2) is 0 Å². The molecule has 0 heterocycles. The van der Waals surface area contributed by atoms with Crippen molar-refractivity contribution in [3.05, 3.63) is 0 Å². The summed E-state index contributed by atoms with van der Waals surface area (Å²) in [5.41, 5.74) is 0. The van der Waals surface area contributed by atoms with Gasteiger partial charge in [0.25, 0.3) is 0 Å². The van der Waals surface area contributed by atoms with Crippen molar-refractivity contribution in [3.8, 4) is 0 Å². The Kier molecular flexibility index (Phi) is 8.58. The molecule has 4 nitrogen and oxygen atoms in total. The van der Waals surface area contributed by atoms with Crippen molar-refractivity contribution < 1.29 is 19.1 Å². The number of ether oxygens (including phenoxy) is 2. The number of hydrogen-bond donors (Lipinski definition) is 0. The molecule has 0 aromatic heterocycles. The van der Waals surface area contributed by atoms with Crippen molar-refractivity contribution >= 4 is 11.9 Å². The van der Waals surface area contributed by atoms with Crippen molar-refractivity contribution in [2.45, 2.75) is 45.4 Å². The minimum absolute atomic E-state index is 0.150. The summed E-state index contributed by atoms with van der Waals surface area (Å²) in [6.07, 6.45) is 4.86. The molecule has 0 spiro atoms. The zero-order chi connectivity index (χ0) is 12.4. The van der Waals surface area contributed by atoms with Crippen LogP contribution in [0, 0.1) is 5.92 Å². The van der Waals surface area contributed by atoms with Crippen LogP contribution in [0.25, 0.3) is 0 Å². The van der Waals surface area contributed by atoms with E-state index in [1.165, 1.54) is 14.2 Å². The van der Waals surface area contributed by atoms with Gasteiger partial charge in [-0.2, -0.15) is 0 Å². The minimum Gasteiger partial charge on any atom is -0.469 e. The maximum atomic E-state index is 11.0. The quantitative estimate of drug-likeness (QED) is 0.474. The zero-order valence-electron chi connectivity index (χ0n) is 10.5. The van der Waals surface area contributed by atoms with Crippen LogP contribution < -0.4 is 0 Å². The van der Waals surface area contributed by atoms with E-state index in [-0.39, 0.29) is 11.9 Å². The molecule has 0 amide bonds. The first kappa shape index (κ1) is 14.9. The van der Waals surface area contributed by atoms with Gasteiger partial charge in [0.2, 0.25) is 0 Å². The van der Waals surface area contributed by atoms with Crippen LogP contribution in [0.15, 0.2) is 0 Å². The van der Waals surface area contributed by atoms with Crippen LogP contribution in [0.2, 0.25) is 0 Å². The van der Waals surface area contributed by atoms with E-state index >= 15 is 0 Å². The molecule has 16 heavy (non-hydrogen) atoms. The fourth-order valence-corrected chi connectivity index (χ4v) is 1.51. The molecule has 94 valence electrons. The standard InChI is InChI=1S/C12H22O4/c1-10(9-12(14)16-3)7-5-4-6-8-11(13)15-2/h10H,4-9H2,1-3H3/t10-/m0/s1. The first-order valence-electron chi connectivity index (χ1n) is 5.73. The molecule has 0 saturated heterocycles. The summed E-state index contributed by atoms with van der Waals surface area (Å²) in [7, 11) is 2.81. The number of unbranched alkanes of at least 4 members (excludes halogenated alkanes) is 2. The highest BCUT2D eigenvalue weighted by Gasteiger charge is 2.08. The van der Waals surface area contributed by atoms with Gasteiger partial charge in [-0.05, 0) is 12.3 Å². The second-order valence-corrected chi connectivity index (χ2v) is 4.06. The van der Waals surface area contributed by atoms with E-state index in [1.807, 2.05) is 6.92 Å². The van der Waals surface area contributed by atoms with E-state index in [0.717, 1.165) is 25.7 Å². The molecular weight excluding hydrogens is 208 g/mol. The van der Waals surface area contributed by atoms with Gasteiger partial charge in [0.05, 0.1) is 14.2 Å². The Morgan fingerprint density at radius 2 is 1.62 bits per heavy atom. The molecular formula is C12H22O4.